The number of carbonyl (C=O) groups is 1. The molecule has 1 rings (SSSR count). The van der Waals surface area contributed by atoms with Gasteiger partial charge in [-0.1, -0.05) is 22.0 Å². The van der Waals surface area contributed by atoms with Gasteiger partial charge in [-0.2, -0.15) is 0 Å². The highest BCUT2D eigenvalue weighted by Gasteiger charge is 2.11. The van der Waals surface area contributed by atoms with Gasteiger partial charge in [0, 0.05) is 0 Å². The molecule has 0 heterocycles. The Kier molecular flexibility index (Phi) is 4.80. The van der Waals surface area contributed by atoms with E-state index >= 15 is 0 Å². The van der Waals surface area contributed by atoms with Gasteiger partial charge in [0.15, 0.2) is 0 Å². The highest BCUT2D eigenvalue weighted by atomic mass is 79.9. The normalized spacial score (nSPS) is 12.0. The molecule has 1 amide bonds. The zero-order valence-corrected chi connectivity index (χ0v) is 11.3. The summed E-state index contributed by atoms with van der Waals surface area (Å²) < 4.78 is 5.47. The van der Waals surface area contributed by atoms with Crippen LogP contribution in [0.5, 0.6) is 5.75 Å². The standard InChI is InChI=1S/C12H16BrNO2/c1-4-16-11-7-8(2)5-6-10(11)14-12(15)9(3)13/h5-7,9H,4H2,1-3H3,(H,14,15). The third kappa shape index (κ3) is 3.52. The zero-order chi connectivity index (χ0) is 12.1. The summed E-state index contributed by atoms with van der Waals surface area (Å²) >= 11 is 3.22. The van der Waals surface area contributed by atoms with Crippen molar-refractivity contribution in [1.82, 2.24) is 0 Å². The number of anilines is 1. The topological polar surface area (TPSA) is 38.3 Å². The van der Waals surface area contributed by atoms with Crippen molar-refractivity contribution in [3.63, 3.8) is 0 Å². The molecule has 0 bridgehead atoms. The van der Waals surface area contributed by atoms with Gasteiger partial charge in [-0.3, -0.25) is 4.79 Å². The molecule has 0 aliphatic rings. The van der Waals surface area contributed by atoms with Crippen LogP contribution in [0.2, 0.25) is 0 Å². The van der Waals surface area contributed by atoms with E-state index < -0.39 is 0 Å². The molecule has 88 valence electrons. The number of aryl methyl sites for hydroxylation is 1. The number of alkyl halides is 1. The molecule has 4 heteroatoms. The monoisotopic (exact) mass is 285 g/mol. The number of hydrogen-bond donors (Lipinski definition) is 1. The van der Waals surface area contributed by atoms with Gasteiger partial charge in [0.05, 0.1) is 17.1 Å². The van der Waals surface area contributed by atoms with Crippen molar-refractivity contribution in [2.24, 2.45) is 0 Å². The van der Waals surface area contributed by atoms with Crippen molar-refractivity contribution in [2.75, 3.05) is 11.9 Å². The first-order valence-electron chi connectivity index (χ1n) is 5.23. The maximum absolute atomic E-state index is 11.5. The molecule has 16 heavy (non-hydrogen) atoms. The Morgan fingerprint density at radius 2 is 2.25 bits per heavy atom. The predicted molar refractivity (Wildman–Crippen MR) is 69.4 cm³/mol. The summed E-state index contributed by atoms with van der Waals surface area (Å²) in [5.41, 5.74) is 1.82. The third-order valence-electron chi connectivity index (χ3n) is 2.06. The molecule has 1 aromatic rings. The largest absolute Gasteiger partial charge is 0.492 e. The molecule has 3 nitrogen and oxygen atoms in total. The van der Waals surface area contributed by atoms with E-state index in [1.807, 2.05) is 32.0 Å². The van der Waals surface area contributed by atoms with Crippen LogP contribution in [-0.4, -0.2) is 17.3 Å². The van der Waals surface area contributed by atoms with Crippen molar-refractivity contribution in [2.45, 2.75) is 25.6 Å². The molecule has 0 fully saturated rings. The molecule has 0 saturated carbocycles. The summed E-state index contributed by atoms with van der Waals surface area (Å²) in [7, 11) is 0. The lowest BCUT2D eigenvalue weighted by atomic mass is 10.2. The molecule has 1 aromatic carbocycles. The summed E-state index contributed by atoms with van der Waals surface area (Å²) in [5, 5.41) is 2.81. The van der Waals surface area contributed by atoms with Gasteiger partial charge in [0.2, 0.25) is 5.91 Å². The molecule has 0 saturated heterocycles. The maximum Gasteiger partial charge on any atom is 0.237 e. The number of amides is 1. The van der Waals surface area contributed by atoms with E-state index in [2.05, 4.69) is 21.2 Å². The van der Waals surface area contributed by atoms with Crippen LogP contribution in [0.4, 0.5) is 5.69 Å². The average molecular weight is 286 g/mol. The molecule has 1 unspecified atom stereocenters. The number of ether oxygens (including phenoxy) is 1. The molecular formula is C12H16BrNO2. The van der Waals surface area contributed by atoms with Crippen molar-refractivity contribution in [1.29, 1.82) is 0 Å². The fraction of sp³-hybridized carbons (Fsp3) is 0.417. The summed E-state index contributed by atoms with van der Waals surface area (Å²) in [6.45, 7) is 6.27. The van der Waals surface area contributed by atoms with Crippen LogP contribution in [0.15, 0.2) is 18.2 Å². The van der Waals surface area contributed by atoms with Crippen LogP contribution in [0.1, 0.15) is 19.4 Å². The molecule has 0 radical (unpaired) electrons. The Morgan fingerprint density at radius 3 is 2.81 bits per heavy atom. The summed E-state index contributed by atoms with van der Waals surface area (Å²) in [5.74, 6) is 0.633. The zero-order valence-electron chi connectivity index (χ0n) is 9.71. The molecular weight excluding hydrogens is 270 g/mol. The Hall–Kier alpha value is -1.03. The van der Waals surface area contributed by atoms with Crippen LogP contribution < -0.4 is 10.1 Å². The fourth-order valence-corrected chi connectivity index (χ4v) is 1.35. The van der Waals surface area contributed by atoms with E-state index in [1.165, 1.54) is 0 Å². The van der Waals surface area contributed by atoms with E-state index in [4.69, 9.17) is 4.74 Å². The lowest BCUT2D eigenvalue weighted by Crippen LogP contribution is -2.20. The minimum absolute atomic E-state index is 0.0789. The maximum atomic E-state index is 11.5. The summed E-state index contributed by atoms with van der Waals surface area (Å²) in [6.07, 6.45) is 0. The Bertz CT molecular complexity index is 377. The first-order valence-corrected chi connectivity index (χ1v) is 6.14. The quantitative estimate of drug-likeness (QED) is 0.864. The van der Waals surface area contributed by atoms with Crippen molar-refractivity contribution < 1.29 is 9.53 Å². The van der Waals surface area contributed by atoms with Crippen LogP contribution in [0, 0.1) is 6.92 Å². The van der Waals surface area contributed by atoms with Gasteiger partial charge < -0.3 is 10.1 Å². The van der Waals surface area contributed by atoms with Crippen LogP contribution in [0.3, 0.4) is 0 Å². The SMILES string of the molecule is CCOc1cc(C)ccc1NC(=O)C(C)Br. The number of hydrogen-bond acceptors (Lipinski definition) is 2. The molecule has 1 N–H and O–H groups in total. The Labute approximate surface area is 104 Å². The van der Waals surface area contributed by atoms with E-state index in [-0.39, 0.29) is 10.7 Å². The van der Waals surface area contributed by atoms with Gasteiger partial charge in [-0.25, -0.2) is 0 Å². The van der Waals surface area contributed by atoms with Crippen molar-refractivity contribution in [3.8, 4) is 5.75 Å². The van der Waals surface area contributed by atoms with Crippen LogP contribution >= 0.6 is 15.9 Å². The number of benzene rings is 1. The van der Waals surface area contributed by atoms with Crippen molar-refractivity contribution >= 4 is 27.5 Å². The van der Waals surface area contributed by atoms with Gasteiger partial charge in [-0.15, -0.1) is 0 Å². The second kappa shape index (κ2) is 5.89. The van der Waals surface area contributed by atoms with Crippen LogP contribution in [0.25, 0.3) is 0 Å². The van der Waals surface area contributed by atoms with E-state index in [9.17, 15) is 4.79 Å². The Balaban J connectivity index is 2.90. The molecule has 1 atom stereocenters. The highest BCUT2D eigenvalue weighted by Crippen LogP contribution is 2.26. The van der Waals surface area contributed by atoms with E-state index in [0.717, 1.165) is 5.56 Å². The average Bonchev–Trinajstić information content (AvgIpc) is 2.22. The van der Waals surface area contributed by atoms with Gasteiger partial charge in [0.1, 0.15) is 5.75 Å². The summed E-state index contributed by atoms with van der Waals surface area (Å²) in [4.78, 5) is 11.3. The van der Waals surface area contributed by atoms with Gasteiger partial charge in [0.25, 0.3) is 0 Å². The number of halogens is 1. The molecule has 0 aliphatic heterocycles. The minimum atomic E-state index is -0.219. The lowest BCUT2D eigenvalue weighted by molar-refractivity contribution is -0.115. The molecule has 0 spiro atoms. The number of carbonyl (C=O) groups excluding carboxylic acids is 1. The lowest BCUT2D eigenvalue weighted by Gasteiger charge is -2.13. The minimum Gasteiger partial charge on any atom is -0.492 e. The first kappa shape index (κ1) is 13.0. The molecule has 0 aromatic heterocycles. The summed E-state index contributed by atoms with van der Waals surface area (Å²) in [6, 6.07) is 5.71. The van der Waals surface area contributed by atoms with E-state index in [1.54, 1.807) is 6.92 Å². The van der Waals surface area contributed by atoms with Gasteiger partial charge in [-0.05, 0) is 38.5 Å². The first-order chi connectivity index (χ1) is 7.54. The number of rotatable bonds is 4. The second-order valence-corrected chi connectivity index (χ2v) is 4.91. The second-order valence-electron chi connectivity index (χ2n) is 3.54. The van der Waals surface area contributed by atoms with Crippen LogP contribution in [-0.2, 0) is 4.79 Å². The van der Waals surface area contributed by atoms with E-state index in [0.29, 0.717) is 18.0 Å². The Morgan fingerprint density at radius 1 is 1.56 bits per heavy atom. The third-order valence-corrected chi connectivity index (χ3v) is 2.47. The van der Waals surface area contributed by atoms with Crippen molar-refractivity contribution in [3.05, 3.63) is 23.8 Å². The molecule has 0 aliphatic carbocycles. The number of nitrogens with one attached hydrogen (secondary N) is 1. The fourth-order valence-electron chi connectivity index (χ4n) is 1.24. The smallest absolute Gasteiger partial charge is 0.237 e. The highest BCUT2D eigenvalue weighted by molar-refractivity contribution is 9.10. The van der Waals surface area contributed by atoms with Gasteiger partial charge >= 0.3 is 0 Å². The predicted octanol–water partition coefficient (Wildman–Crippen LogP) is 3.12.